The molecule has 0 spiro atoms. The molecule has 0 bridgehead atoms. The van der Waals surface area contributed by atoms with E-state index in [1.807, 2.05) is 13.8 Å². The SMILES string of the molecule is CC.CC(C)(C)OC(=O)N1C(C(=O)I)COC1(C)C. The fourth-order valence-corrected chi connectivity index (χ4v) is 2.09. The quantitative estimate of drug-likeness (QED) is 0.513. The first-order chi connectivity index (χ1) is 8.54. The summed E-state index contributed by atoms with van der Waals surface area (Å²) >= 11 is 1.68. The van der Waals surface area contributed by atoms with Crippen LogP contribution in [0.3, 0.4) is 0 Å². The van der Waals surface area contributed by atoms with Gasteiger partial charge in [0.1, 0.15) is 17.4 Å². The molecule has 0 N–H and O–H groups in total. The van der Waals surface area contributed by atoms with Crippen molar-refractivity contribution in [3.05, 3.63) is 0 Å². The third-order valence-corrected chi connectivity index (χ3v) is 3.06. The summed E-state index contributed by atoms with van der Waals surface area (Å²) in [6, 6.07) is -0.569. The van der Waals surface area contributed by atoms with Crippen molar-refractivity contribution in [1.29, 1.82) is 0 Å². The van der Waals surface area contributed by atoms with E-state index in [0.717, 1.165) is 0 Å². The molecule has 1 atom stereocenters. The van der Waals surface area contributed by atoms with Crippen molar-refractivity contribution in [3.8, 4) is 0 Å². The molecule has 6 heteroatoms. The second-order valence-electron chi connectivity index (χ2n) is 5.43. The van der Waals surface area contributed by atoms with E-state index < -0.39 is 23.5 Å². The van der Waals surface area contributed by atoms with Gasteiger partial charge in [-0.05, 0) is 34.6 Å². The average Bonchev–Trinajstić information content (AvgIpc) is 2.54. The molecular formula is C13H24INO4. The molecule has 1 rings (SSSR count). The van der Waals surface area contributed by atoms with E-state index in [9.17, 15) is 9.59 Å². The minimum Gasteiger partial charge on any atom is -0.444 e. The van der Waals surface area contributed by atoms with Crippen molar-refractivity contribution >= 4 is 32.5 Å². The van der Waals surface area contributed by atoms with E-state index in [4.69, 9.17) is 9.47 Å². The molecule has 1 aliphatic heterocycles. The Hall–Kier alpha value is -0.370. The van der Waals surface area contributed by atoms with Crippen LogP contribution in [0.25, 0.3) is 0 Å². The molecule has 0 aromatic rings. The van der Waals surface area contributed by atoms with Gasteiger partial charge in [0.25, 0.3) is 0 Å². The molecule has 112 valence electrons. The maximum atomic E-state index is 12.1. The highest BCUT2D eigenvalue weighted by atomic mass is 127. The van der Waals surface area contributed by atoms with Crippen molar-refractivity contribution in [2.45, 2.75) is 65.8 Å². The lowest BCUT2D eigenvalue weighted by atomic mass is 10.2. The number of carbonyl (C=O) groups excluding carboxylic acids is 2. The predicted molar refractivity (Wildman–Crippen MR) is 82.3 cm³/mol. The lowest BCUT2D eigenvalue weighted by molar-refractivity contribution is -0.114. The van der Waals surface area contributed by atoms with Crippen LogP contribution in [0, 0.1) is 0 Å². The van der Waals surface area contributed by atoms with Crippen molar-refractivity contribution in [3.63, 3.8) is 0 Å². The summed E-state index contributed by atoms with van der Waals surface area (Å²) in [5.74, 6) is 0. The molecule has 1 heterocycles. The van der Waals surface area contributed by atoms with Crippen molar-refractivity contribution < 1.29 is 19.1 Å². The van der Waals surface area contributed by atoms with E-state index in [0.29, 0.717) is 0 Å². The summed E-state index contributed by atoms with van der Waals surface area (Å²) in [6.07, 6.45) is -0.519. The molecule has 1 unspecified atom stereocenters. The number of nitrogens with zero attached hydrogens (tertiary/aromatic N) is 1. The average molecular weight is 385 g/mol. The lowest BCUT2D eigenvalue weighted by Gasteiger charge is -2.34. The van der Waals surface area contributed by atoms with Crippen LogP contribution >= 0.6 is 22.6 Å². The highest BCUT2D eigenvalue weighted by molar-refractivity contribution is 14.1. The summed E-state index contributed by atoms with van der Waals surface area (Å²) in [5.41, 5.74) is -1.40. The summed E-state index contributed by atoms with van der Waals surface area (Å²) in [4.78, 5) is 24.9. The Morgan fingerprint density at radius 3 is 2.16 bits per heavy atom. The summed E-state index contributed by atoms with van der Waals surface area (Å²) in [6.45, 7) is 13.1. The zero-order valence-electron chi connectivity index (χ0n) is 12.7. The monoisotopic (exact) mass is 385 g/mol. The largest absolute Gasteiger partial charge is 0.444 e. The molecule has 1 aliphatic rings. The van der Waals surface area contributed by atoms with Gasteiger partial charge in [0.2, 0.25) is 3.79 Å². The maximum absolute atomic E-state index is 12.1. The van der Waals surface area contributed by atoms with E-state index >= 15 is 0 Å². The Kier molecular flexibility index (Phi) is 6.74. The first-order valence-corrected chi connectivity index (χ1v) is 7.48. The van der Waals surface area contributed by atoms with Gasteiger partial charge in [0.05, 0.1) is 6.61 Å². The van der Waals surface area contributed by atoms with Gasteiger partial charge in [-0.15, -0.1) is 0 Å². The van der Waals surface area contributed by atoms with Crippen LogP contribution in [0.1, 0.15) is 48.5 Å². The van der Waals surface area contributed by atoms with Crippen LogP contribution in [0.15, 0.2) is 0 Å². The molecule has 0 radical (unpaired) electrons. The zero-order chi connectivity index (χ0) is 15.4. The molecule has 1 fully saturated rings. The topological polar surface area (TPSA) is 55.8 Å². The molecular weight excluding hydrogens is 361 g/mol. The first kappa shape index (κ1) is 18.6. The normalized spacial score (nSPS) is 21.5. The number of hydrogen-bond acceptors (Lipinski definition) is 4. The van der Waals surface area contributed by atoms with Gasteiger partial charge < -0.3 is 9.47 Å². The summed E-state index contributed by atoms with van der Waals surface area (Å²) < 4.78 is 10.6. The molecule has 0 aromatic carbocycles. The van der Waals surface area contributed by atoms with Crippen molar-refractivity contribution in [2.24, 2.45) is 0 Å². The van der Waals surface area contributed by atoms with Crippen molar-refractivity contribution in [2.75, 3.05) is 6.61 Å². The fourth-order valence-electron chi connectivity index (χ4n) is 1.63. The van der Waals surface area contributed by atoms with Crippen LogP contribution in [-0.2, 0) is 14.3 Å². The highest BCUT2D eigenvalue weighted by Crippen LogP contribution is 2.30. The van der Waals surface area contributed by atoms with E-state index in [-0.39, 0.29) is 10.4 Å². The smallest absolute Gasteiger partial charge is 0.413 e. The van der Waals surface area contributed by atoms with E-state index in [1.54, 1.807) is 57.2 Å². The molecule has 19 heavy (non-hydrogen) atoms. The molecule has 1 amide bonds. The van der Waals surface area contributed by atoms with Gasteiger partial charge in [0, 0.05) is 22.6 Å². The fraction of sp³-hybridized carbons (Fsp3) is 0.846. The van der Waals surface area contributed by atoms with Crippen LogP contribution in [0.2, 0.25) is 0 Å². The zero-order valence-corrected chi connectivity index (χ0v) is 14.9. The van der Waals surface area contributed by atoms with Crippen LogP contribution in [-0.4, -0.2) is 38.8 Å². The third-order valence-electron chi connectivity index (χ3n) is 2.34. The Morgan fingerprint density at radius 2 is 1.79 bits per heavy atom. The highest BCUT2D eigenvalue weighted by Gasteiger charge is 2.48. The Labute approximate surface area is 129 Å². The third kappa shape index (κ3) is 5.25. The number of rotatable bonds is 1. The standard InChI is InChI=1S/C11H18INO4.C2H6/c1-10(2,3)17-9(15)13-7(8(12)14)6-16-11(13,4)5;1-2/h7H,6H2,1-5H3;1-2H3. The van der Waals surface area contributed by atoms with Crippen molar-refractivity contribution in [1.82, 2.24) is 4.90 Å². The maximum Gasteiger partial charge on any atom is 0.413 e. The number of hydrogen-bond donors (Lipinski definition) is 0. The second kappa shape index (κ2) is 6.88. The molecule has 0 aromatic heterocycles. The number of amides is 1. The Bertz CT molecular complexity index is 336. The van der Waals surface area contributed by atoms with Gasteiger partial charge in [-0.1, -0.05) is 13.8 Å². The molecule has 0 aliphatic carbocycles. The number of halogens is 1. The predicted octanol–water partition coefficient (Wildman–Crippen LogP) is 3.35. The molecule has 1 saturated heterocycles. The minimum absolute atomic E-state index is 0.126. The van der Waals surface area contributed by atoms with E-state index in [1.165, 1.54) is 4.90 Å². The van der Waals surface area contributed by atoms with Gasteiger partial charge in [-0.2, -0.15) is 0 Å². The first-order valence-electron chi connectivity index (χ1n) is 6.40. The van der Waals surface area contributed by atoms with Crippen LogP contribution in [0.4, 0.5) is 4.79 Å². The van der Waals surface area contributed by atoms with E-state index in [2.05, 4.69) is 0 Å². The second-order valence-corrected chi connectivity index (χ2v) is 6.49. The van der Waals surface area contributed by atoms with Gasteiger partial charge in [0.15, 0.2) is 0 Å². The van der Waals surface area contributed by atoms with Gasteiger partial charge in [-0.25, -0.2) is 4.79 Å². The van der Waals surface area contributed by atoms with Crippen LogP contribution in [0.5, 0.6) is 0 Å². The molecule has 0 saturated carbocycles. The Balaban J connectivity index is 0.00000154. The number of ether oxygens (including phenoxy) is 2. The molecule has 5 nitrogen and oxygen atoms in total. The number of carbonyl (C=O) groups is 2. The minimum atomic E-state index is -0.812. The summed E-state index contributed by atoms with van der Waals surface area (Å²) in [5, 5.41) is 0. The van der Waals surface area contributed by atoms with Gasteiger partial charge in [-0.3, -0.25) is 9.69 Å². The van der Waals surface area contributed by atoms with Crippen LogP contribution < -0.4 is 0 Å². The van der Waals surface area contributed by atoms with Gasteiger partial charge >= 0.3 is 6.09 Å². The lowest BCUT2D eigenvalue weighted by Crippen LogP contribution is -2.51. The Morgan fingerprint density at radius 1 is 1.32 bits per heavy atom. The summed E-state index contributed by atoms with van der Waals surface area (Å²) in [7, 11) is 0.